The van der Waals surface area contributed by atoms with Gasteiger partial charge in [-0.2, -0.15) is 5.10 Å². The van der Waals surface area contributed by atoms with E-state index in [0.717, 1.165) is 22.8 Å². The van der Waals surface area contributed by atoms with Crippen LogP contribution in [0, 0.1) is 13.8 Å². The Bertz CT molecular complexity index is 857. The lowest BCUT2D eigenvalue weighted by atomic mass is 10.1. The molecule has 0 fully saturated rings. The van der Waals surface area contributed by atoms with Crippen molar-refractivity contribution in [1.82, 2.24) is 20.1 Å². The summed E-state index contributed by atoms with van der Waals surface area (Å²) in [6, 6.07) is 14.6. The summed E-state index contributed by atoms with van der Waals surface area (Å²) in [5, 5.41) is 17.2. The summed E-state index contributed by atoms with van der Waals surface area (Å²) < 4.78 is 1.77. The van der Waals surface area contributed by atoms with Gasteiger partial charge in [0.05, 0.1) is 5.69 Å². The Hall–Kier alpha value is -2.99. The van der Waals surface area contributed by atoms with Gasteiger partial charge in [0.15, 0.2) is 11.9 Å². The zero-order chi connectivity index (χ0) is 17.8. The molecule has 1 unspecified atom stereocenters. The zero-order valence-corrected chi connectivity index (χ0v) is 14.2. The predicted molar refractivity (Wildman–Crippen MR) is 94.1 cm³/mol. The summed E-state index contributed by atoms with van der Waals surface area (Å²) >= 11 is 0. The van der Waals surface area contributed by atoms with E-state index in [1.54, 1.807) is 35.1 Å². The number of nitrogens with zero attached hydrogens (tertiary/aromatic N) is 3. The molecule has 0 aliphatic rings. The standard InChI is InChI=1S/C19H20N4O2/c1-13-10-14(2)23(22-13)17-9-8-15(11-20-17)12-21-19(25)18(24)16-6-4-3-5-7-16/h3-11,18,24H,12H2,1-2H3,(H,21,25). The highest BCUT2D eigenvalue weighted by Crippen LogP contribution is 2.13. The molecule has 3 aromatic rings. The summed E-state index contributed by atoms with van der Waals surface area (Å²) in [5.41, 5.74) is 3.36. The van der Waals surface area contributed by atoms with Crippen LogP contribution in [0.4, 0.5) is 0 Å². The van der Waals surface area contributed by atoms with Crippen LogP contribution in [0.1, 0.15) is 28.6 Å². The topological polar surface area (TPSA) is 80.0 Å². The number of nitrogens with one attached hydrogen (secondary N) is 1. The van der Waals surface area contributed by atoms with Gasteiger partial charge in [-0.05, 0) is 37.1 Å². The molecule has 0 saturated carbocycles. The molecule has 6 nitrogen and oxygen atoms in total. The van der Waals surface area contributed by atoms with Crippen LogP contribution < -0.4 is 5.32 Å². The van der Waals surface area contributed by atoms with E-state index < -0.39 is 12.0 Å². The monoisotopic (exact) mass is 336 g/mol. The second-order valence-electron chi connectivity index (χ2n) is 5.89. The van der Waals surface area contributed by atoms with Crippen LogP contribution in [-0.4, -0.2) is 25.8 Å². The second kappa shape index (κ2) is 7.27. The van der Waals surface area contributed by atoms with Crippen molar-refractivity contribution in [2.24, 2.45) is 0 Å². The van der Waals surface area contributed by atoms with Crippen molar-refractivity contribution in [1.29, 1.82) is 0 Å². The molecule has 3 rings (SSSR count). The minimum absolute atomic E-state index is 0.299. The van der Waals surface area contributed by atoms with Gasteiger partial charge in [0.2, 0.25) is 0 Å². The van der Waals surface area contributed by atoms with E-state index >= 15 is 0 Å². The van der Waals surface area contributed by atoms with Gasteiger partial charge in [0.25, 0.3) is 5.91 Å². The van der Waals surface area contributed by atoms with Crippen molar-refractivity contribution < 1.29 is 9.90 Å². The number of pyridine rings is 1. The average Bonchev–Trinajstić information content (AvgIpc) is 2.98. The van der Waals surface area contributed by atoms with E-state index in [-0.39, 0.29) is 0 Å². The Morgan fingerprint density at radius 1 is 1.20 bits per heavy atom. The fourth-order valence-corrected chi connectivity index (χ4v) is 2.58. The van der Waals surface area contributed by atoms with Gasteiger partial charge in [-0.1, -0.05) is 36.4 Å². The third kappa shape index (κ3) is 3.92. The lowest BCUT2D eigenvalue weighted by Crippen LogP contribution is -2.28. The minimum Gasteiger partial charge on any atom is -0.378 e. The molecular formula is C19H20N4O2. The number of carbonyl (C=O) groups is 1. The molecular weight excluding hydrogens is 316 g/mol. The van der Waals surface area contributed by atoms with Crippen LogP contribution in [0.25, 0.3) is 5.82 Å². The normalized spacial score (nSPS) is 12.0. The quantitative estimate of drug-likeness (QED) is 0.749. The molecule has 1 aromatic carbocycles. The Morgan fingerprint density at radius 2 is 1.96 bits per heavy atom. The largest absolute Gasteiger partial charge is 0.378 e. The fourth-order valence-electron chi connectivity index (χ4n) is 2.58. The van der Waals surface area contributed by atoms with E-state index in [4.69, 9.17) is 0 Å². The number of aliphatic hydroxyl groups is 1. The third-order valence-electron chi connectivity index (χ3n) is 3.87. The first-order chi connectivity index (χ1) is 12.0. The smallest absolute Gasteiger partial charge is 0.253 e. The highest BCUT2D eigenvalue weighted by atomic mass is 16.3. The summed E-state index contributed by atoms with van der Waals surface area (Å²) in [7, 11) is 0. The van der Waals surface area contributed by atoms with Crippen LogP contribution in [0.2, 0.25) is 0 Å². The first kappa shape index (κ1) is 16.9. The second-order valence-corrected chi connectivity index (χ2v) is 5.89. The SMILES string of the molecule is Cc1cc(C)n(-c2ccc(CNC(=O)C(O)c3ccccc3)cn2)n1. The molecule has 0 saturated heterocycles. The third-order valence-corrected chi connectivity index (χ3v) is 3.87. The molecule has 0 spiro atoms. The van der Waals surface area contributed by atoms with E-state index in [9.17, 15) is 9.90 Å². The van der Waals surface area contributed by atoms with Crippen LogP contribution >= 0.6 is 0 Å². The van der Waals surface area contributed by atoms with E-state index in [2.05, 4.69) is 15.4 Å². The molecule has 0 radical (unpaired) electrons. The number of benzene rings is 1. The molecule has 2 aromatic heterocycles. The predicted octanol–water partition coefficient (Wildman–Crippen LogP) is 2.23. The molecule has 1 amide bonds. The number of carbonyl (C=O) groups excluding carboxylic acids is 1. The maximum Gasteiger partial charge on any atom is 0.253 e. The molecule has 0 aliphatic carbocycles. The number of hydrogen-bond donors (Lipinski definition) is 2. The van der Waals surface area contributed by atoms with Crippen molar-refractivity contribution in [2.75, 3.05) is 0 Å². The summed E-state index contributed by atoms with van der Waals surface area (Å²) in [5.74, 6) is 0.291. The molecule has 128 valence electrons. The first-order valence-electron chi connectivity index (χ1n) is 8.04. The molecule has 2 heterocycles. The van der Waals surface area contributed by atoms with Gasteiger partial charge >= 0.3 is 0 Å². The minimum atomic E-state index is -1.18. The number of aliphatic hydroxyl groups excluding tert-OH is 1. The van der Waals surface area contributed by atoms with Gasteiger partial charge in [0.1, 0.15) is 0 Å². The Labute approximate surface area is 146 Å². The van der Waals surface area contributed by atoms with E-state index in [1.807, 2.05) is 38.1 Å². The molecule has 6 heteroatoms. The summed E-state index contributed by atoms with van der Waals surface area (Å²) in [6.07, 6.45) is 0.518. The van der Waals surface area contributed by atoms with Crippen molar-refractivity contribution in [3.05, 3.63) is 77.2 Å². The van der Waals surface area contributed by atoms with Crippen LogP contribution in [0.5, 0.6) is 0 Å². The van der Waals surface area contributed by atoms with Crippen molar-refractivity contribution in [2.45, 2.75) is 26.5 Å². The van der Waals surface area contributed by atoms with Gasteiger partial charge in [0, 0.05) is 18.4 Å². The van der Waals surface area contributed by atoms with Gasteiger partial charge < -0.3 is 10.4 Å². The Morgan fingerprint density at radius 3 is 2.56 bits per heavy atom. The summed E-state index contributed by atoms with van der Waals surface area (Å²) in [6.45, 7) is 4.21. The maximum atomic E-state index is 12.1. The van der Waals surface area contributed by atoms with Gasteiger partial charge in [-0.3, -0.25) is 4.79 Å². The average molecular weight is 336 g/mol. The number of hydrogen-bond acceptors (Lipinski definition) is 4. The first-order valence-corrected chi connectivity index (χ1v) is 8.04. The molecule has 0 aliphatic heterocycles. The van der Waals surface area contributed by atoms with Crippen LogP contribution in [-0.2, 0) is 11.3 Å². The Balaban J connectivity index is 1.62. The summed E-state index contributed by atoms with van der Waals surface area (Å²) in [4.78, 5) is 16.4. The van der Waals surface area contributed by atoms with E-state index in [1.165, 1.54) is 0 Å². The number of aromatic nitrogens is 3. The lowest BCUT2D eigenvalue weighted by Gasteiger charge is -2.12. The number of aryl methyl sites for hydroxylation is 2. The van der Waals surface area contributed by atoms with Crippen molar-refractivity contribution in [3.63, 3.8) is 0 Å². The molecule has 25 heavy (non-hydrogen) atoms. The van der Waals surface area contributed by atoms with E-state index in [0.29, 0.717) is 12.1 Å². The number of rotatable bonds is 5. The number of amides is 1. The van der Waals surface area contributed by atoms with Crippen LogP contribution in [0.15, 0.2) is 54.7 Å². The van der Waals surface area contributed by atoms with Crippen LogP contribution in [0.3, 0.4) is 0 Å². The lowest BCUT2D eigenvalue weighted by molar-refractivity contribution is -0.129. The van der Waals surface area contributed by atoms with Crippen molar-refractivity contribution in [3.8, 4) is 5.82 Å². The van der Waals surface area contributed by atoms with Crippen molar-refractivity contribution >= 4 is 5.91 Å². The molecule has 1 atom stereocenters. The molecule has 0 bridgehead atoms. The Kier molecular flexibility index (Phi) is 4.90. The maximum absolute atomic E-state index is 12.1. The highest BCUT2D eigenvalue weighted by molar-refractivity contribution is 5.81. The fraction of sp³-hybridized carbons (Fsp3) is 0.211. The highest BCUT2D eigenvalue weighted by Gasteiger charge is 2.16. The van der Waals surface area contributed by atoms with Gasteiger partial charge in [-0.15, -0.1) is 0 Å². The zero-order valence-electron chi connectivity index (χ0n) is 14.2. The molecule has 2 N–H and O–H groups in total. The van der Waals surface area contributed by atoms with Gasteiger partial charge in [-0.25, -0.2) is 9.67 Å².